The normalized spacial score (nSPS) is 14.8. The minimum atomic E-state index is 0.400. The molecule has 2 heteroatoms. The van der Waals surface area contributed by atoms with Crippen molar-refractivity contribution < 1.29 is 0 Å². The summed E-state index contributed by atoms with van der Waals surface area (Å²) in [5, 5.41) is 0. The highest BCUT2D eigenvalue weighted by Crippen LogP contribution is 2.24. The number of rotatable bonds is 6. The first-order valence-electron chi connectivity index (χ1n) is 5.77. The largest absolute Gasteiger partial charge is 0.330 e. The zero-order chi connectivity index (χ0) is 11.2. The zero-order valence-corrected chi connectivity index (χ0v) is 10.6. The summed E-state index contributed by atoms with van der Waals surface area (Å²) < 4.78 is 0. The molecule has 0 radical (unpaired) electrons. The standard InChI is InChI=1S/C12H28N2/c1-6-7-14(5)10-11(9-13)8-12(2,3)4/h11H,6-10,13H2,1-5H3. The van der Waals surface area contributed by atoms with E-state index in [0.29, 0.717) is 11.3 Å². The van der Waals surface area contributed by atoms with Crippen LogP contribution in [0.4, 0.5) is 0 Å². The van der Waals surface area contributed by atoms with E-state index in [4.69, 9.17) is 5.73 Å². The number of hydrogen-bond acceptors (Lipinski definition) is 2. The molecule has 0 spiro atoms. The Balaban J connectivity index is 3.90. The van der Waals surface area contributed by atoms with Crippen LogP contribution in [0.15, 0.2) is 0 Å². The van der Waals surface area contributed by atoms with Gasteiger partial charge in [0.2, 0.25) is 0 Å². The lowest BCUT2D eigenvalue weighted by atomic mass is 9.84. The van der Waals surface area contributed by atoms with Crippen molar-refractivity contribution >= 4 is 0 Å². The SMILES string of the molecule is CCCN(C)CC(CN)CC(C)(C)C. The highest BCUT2D eigenvalue weighted by Gasteiger charge is 2.18. The molecule has 0 aromatic carbocycles. The van der Waals surface area contributed by atoms with Crippen molar-refractivity contribution in [2.45, 2.75) is 40.5 Å². The molecule has 86 valence electrons. The molecule has 0 aliphatic heterocycles. The van der Waals surface area contributed by atoms with E-state index in [-0.39, 0.29) is 0 Å². The van der Waals surface area contributed by atoms with Gasteiger partial charge in [-0.25, -0.2) is 0 Å². The molecule has 0 amide bonds. The van der Waals surface area contributed by atoms with Crippen LogP contribution in [0.25, 0.3) is 0 Å². The molecule has 0 saturated carbocycles. The number of nitrogens with zero attached hydrogens (tertiary/aromatic N) is 1. The van der Waals surface area contributed by atoms with Gasteiger partial charge in [-0.3, -0.25) is 0 Å². The maximum absolute atomic E-state index is 5.80. The summed E-state index contributed by atoms with van der Waals surface area (Å²) >= 11 is 0. The van der Waals surface area contributed by atoms with E-state index < -0.39 is 0 Å². The quantitative estimate of drug-likeness (QED) is 0.713. The summed E-state index contributed by atoms with van der Waals surface area (Å²) in [4.78, 5) is 2.39. The second kappa shape index (κ2) is 6.41. The van der Waals surface area contributed by atoms with Crippen LogP contribution < -0.4 is 5.73 Å². The molecule has 1 atom stereocenters. The van der Waals surface area contributed by atoms with Crippen molar-refractivity contribution in [3.05, 3.63) is 0 Å². The molecule has 2 N–H and O–H groups in total. The van der Waals surface area contributed by atoms with Gasteiger partial charge in [0, 0.05) is 6.54 Å². The first kappa shape index (κ1) is 13.9. The van der Waals surface area contributed by atoms with Gasteiger partial charge in [-0.1, -0.05) is 27.7 Å². The highest BCUT2D eigenvalue weighted by molar-refractivity contribution is 4.72. The fourth-order valence-electron chi connectivity index (χ4n) is 2.00. The maximum Gasteiger partial charge on any atom is 0.00189 e. The number of hydrogen-bond donors (Lipinski definition) is 1. The van der Waals surface area contributed by atoms with Gasteiger partial charge in [0.15, 0.2) is 0 Å². The van der Waals surface area contributed by atoms with Gasteiger partial charge >= 0.3 is 0 Å². The molecule has 0 aromatic heterocycles. The van der Waals surface area contributed by atoms with Crippen LogP contribution in [0.1, 0.15) is 40.5 Å². The van der Waals surface area contributed by atoms with E-state index in [9.17, 15) is 0 Å². The third kappa shape index (κ3) is 7.34. The van der Waals surface area contributed by atoms with Crippen LogP contribution in [0.5, 0.6) is 0 Å². The fraction of sp³-hybridized carbons (Fsp3) is 1.00. The van der Waals surface area contributed by atoms with Crippen molar-refractivity contribution in [2.24, 2.45) is 17.1 Å². The zero-order valence-electron chi connectivity index (χ0n) is 10.6. The Hall–Kier alpha value is -0.0800. The molecule has 0 saturated heterocycles. The average Bonchev–Trinajstić information content (AvgIpc) is 2.01. The van der Waals surface area contributed by atoms with Crippen LogP contribution >= 0.6 is 0 Å². The van der Waals surface area contributed by atoms with Gasteiger partial charge < -0.3 is 10.6 Å². The summed E-state index contributed by atoms with van der Waals surface area (Å²) in [5.41, 5.74) is 6.20. The van der Waals surface area contributed by atoms with Gasteiger partial charge in [0.25, 0.3) is 0 Å². The Labute approximate surface area is 89.9 Å². The van der Waals surface area contributed by atoms with E-state index in [1.807, 2.05) is 0 Å². The molecule has 1 unspecified atom stereocenters. The molecular weight excluding hydrogens is 172 g/mol. The van der Waals surface area contributed by atoms with Gasteiger partial charge in [-0.05, 0) is 44.3 Å². The molecule has 0 aliphatic rings. The molecule has 0 fully saturated rings. The van der Waals surface area contributed by atoms with E-state index >= 15 is 0 Å². The van der Waals surface area contributed by atoms with Crippen LogP contribution in [-0.2, 0) is 0 Å². The molecule has 0 aromatic rings. The van der Waals surface area contributed by atoms with Gasteiger partial charge in [-0.2, -0.15) is 0 Å². The maximum atomic E-state index is 5.80. The van der Waals surface area contributed by atoms with Crippen LogP contribution in [-0.4, -0.2) is 31.6 Å². The second-order valence-corrected chi connectivity index (χ2v) is 5.63. The summed E-state index contributed by atoms with van der Waals surface area (Å²) in [7, 11) is 2.19. The van der Waals surface area contributed by atoms with E-state index in [1.54, 1.807) is 0 Å². The second-order valence-electron chi connectivity index (χ2n) is 5.63. The Bertz CT molecular complexity index is 138. The van der Waals surface area contributed by atoms with Crippen LogP contribution in [0.3, 0.4) is 0 Å². The first-order chi connectivity index (χ1) is 6.39. The molecule has 0 bridgehead atoms. The van der Waals surface area contributed by atoms with Crippen molar-refractivity contribution in [3.8, 4) is 0 Å². The Kier molecular flexibility index (Phi) is 6.38. The topological polar surface area (TPSA) is 29.3 Å². The minimum absolute atomic E-state index is 0.400. The van der Waals surface area contributed by atoms with Gasteiger partial charge in [0.1, 0.15) is 0 Å². The minimum Gasteiger partial charge on any atom is -0.330 e. The lowest BCUT2D eigenvalue weighted by Gasteiger charge is -2.28. The lowest BCUT2D eigenvalue weighted by Crippen LogP contribution is -2.33. The lowest BCUT2D eigenvalue weighted by molar-refractivity contribution is 0.221. The van der Waals surface area contributed by atoms with Crippen LogP contribution in [0, 0.1) is 11.3 Å². The van der Waals surface area contributed by atoms with Gasteiger partial charge in [-0.15, -0.1) is 0 Å². The van der Waals surface area contributed by atoms with E-state index in [2.05, 4.69) is 39.6 Å². The smallest absolute Gasteiger partial charge is 0.00189 e. The van der Waals surface area contributed by atoms with E-state index in [0.717, 1.165) is 13.1 Å². The monoisotopic (exact) mass is 200 g/mol. The molecule has 0 heterocycles. The summed E-state index contributed by atoms with van der Waals surface area (Å²) in [5.74, 6) is 0.645. The van der Waals surface area contributed by atoms with Crippen molar-refractivity contribution in [1.29, 1.82) is 0 Å². The predicted molar refractivity (Wildman–Crippen MR) is 64.4 cm³/mol. The van der Waals surface area contributed by atoms with Crippen molar-refractivity contribution in [1.82, 2.24) is 4.90 Å². The average molecular weight is 200 g/mol. The molecule has 0 rings (SSSR count). The summed E-state index contributed by atoms with van der Waals surface area (Å²) in [6.07, 6.45) is 2.45. The molecule has 2 nitrogen and oxygen atoms in total. The highest BCUT2D eigenvalue weighted by atomic mass is 15.1. The Morgan fingerprint density at radius 2 is 1.86 bits per heavy atom. The first-order valence-corrected chi connectivity index (χ1v) is 5.77. The van der Waals surface area contributed by atoms with Gasteiger partial charge in [0.05, 0.1) is 0 Å². The Morgan fingerprint density at radius 3 is 2.21 bits per heavy atom. The molecule has 14 heavy (non-hydrogen) atoms. The summed E-state index contributed by atoms with van der Waals surface area (Å²) in [6.45, 7) is 12.2. The van der Waals surface area contributed by atoms with Crippen molar-refractivity contribution in [3.63, 3.8) is 0 Å². The molecular formula is C12H28N2. The third-order valence-electron chi connectivity index (χ3n) is 2.41. The van der Waals surface area contributed by atoms with E-state index in [1.165, 1.54) is 19.4 Å². The van der Waals surface area contributed by atoms with Crippen LogP contribution in [0.2, 0.25) is 0 Å². The van der Waals surface area contributed by atoms with Crippen molar-refractivity contribution in [2.75, 3.05) is 26.7 Å². The Morgan fingerprint density at radius 1 is 1.29 bits per heavy atom. The third-order valence-corrected chi connectivity index (χ3v) is 2.41. The number of nitrogens with two attached hydrogens (primary N) is 1. The molecule has 0 aliphatic carbocycles. The predicted octanol–water partition coefficient (Wildman–Crippen LogP) is 2.34. The fourth-order valence-corrected chi connectivity index (χ4v) is 2.00. The summed E-state index contributed by atoms with van der Waals surface area (Å²) in [6, 6.07) is 0.